The fraction of sp³-hybridized carbons (Fsp3) is 0. The van der Waals surface area contributed by atoms with Gasteiger partial charge in [-0.1, -0.05) is 12.1 Å². The molecule has 1 aromatic carbocycles. The molecule has 17 heavy (non-hydrogen) atoms. The van der Waals surface area contributed by atoms with Crippen molar-refractivity contribution in [2.45, 2.75) is 0 Å². The van der Waals surface area contributed by atoms with E-state index in [1.54, 1.807) is 24.4 Å². The van der Waals surface area contributed by atoms with Crippen molar-refractivity contribution >= 4 is 10.9 Å². The first kappa shape index (κ1) is 9.77. The van der Waals surface area contributed by atoms with E-state index in [0.717, 1.165) is 0 Å². The van der Waals surface area contributed by atoms with Crippen LogP contribution in [0.4, 0.5) is 4.39 Å². The summed E-state index contributed by atoms with van der Waals surface area (Å²) in [6, 6.07) is 7.91. The highest BCUT2D eigenvalue weighted by Gasteiger charge is 2.10. The van der Waals surface area contributed by atoms with Gasteiger partial charge in [0, 0.05) is 23.2 Å². The first-order chi connectivity index (χ1) is 8.25. The number of nitrogens with one attached hydrogen (secondary N) is 2. The molecular formula is C12H8FN3O. The predicted molar refractivity (Wildman–Crippen MR) is 62.1 cm³/mol. The first-order valence-corrected chi connectivity index (χ1v) is 5.07. The Balaban J connectivity index is 2.32. The smallest absolute Gasteiger partial charge is 0.248 e. The molecule has 0 aliphatic heterocycles. The molecule has 3 aromatic rings. The number of aromatic amines is 2. The quantitative estimate of drug-likeness (QED) is 0.670. The minimum atomic E-state index is -0.380. The third kappa shape index (κ3) is 1.52. The summed E-state index contributed by atoms with van der Waals surface area (Å²) < 4.78 is 13.4. The number of benzene rings is 1. The molecule has 0 atom stereocenters. The highest BCUT2D eigenvalue weighted by atomic mass is 19.1. The Hall–Kier alpha value is -2.43. The predicted octanol–water partition coefficient (Wildman–Crippen LogP) is 2.06. The fourth-order valence-corrected chi connectivity index (χ4v) is 1.82. The largest absolute Gasteiger partial charge is 0.329 e. The topological polar surface area (TPSA) is 61.5 Å². The Morgan fingerprint density at radius 3 is 2.94 bits per heavy atom. The van der Waals surface area contributed by atoms with Crippen molar-refractivity contribution in [1.29, 1.82) is 0 Å². The first-order valence-electron chi connectivity index (χ1n) is 5.07. The zero-order valence-corrected chi connectivity index (χ0v) is 8.70. The lowest BCUT2D eigenvalue weighted by Crippen LogP contribution is -2.02. The van der Waals surface area contributed by atoms with Gasteiger partial charge < -0.3 is 4.98 Å². The minimum absolute atomic E-state index is 0.207. The number of aromatic nitrogens is 3. The van der Waals surface area contributed by atoms with Crippen molar-refractivity contribution in [3.8, 4) is 11.3 Å². The number of halogens is 1. The molecule has 0 aliphatic carbocycles. The number of H-pyrrole nitrogens is 2. The van der Waals surface area contributed by atoms with Crippen LogP contribution < -0.4 is 5.56 Å². The van der Waals surface area contributed by atoms with Gasteiger partial charge in [0.2, 0.25) is 5.56 Å². The molecule has 0 fully saturated rings. The summed E-state index contributed by atoms with van der Waals surface area (Å²) in [7, 11) is 0. The standard InChI is InChI=1S/C12H8FN3O/c13-9-3-1-2-8-11(15-16-12(8)9)7-4-5-14-10(17)6-7/h1-6H,(H,14,17)(H,15,16). The third-order valence-electron chi connectivity index (χ3n) is 2.60. The number of nitrogens with zero attached hydrogens (tertiary/aromatic N) is 1. The Labute approximate surface area is 95.1 Å². The number of pyridine rings is 1. The van der Waals surface area contributed by atoms with Gasteiger partial charge in [-0.2, -0.15) is 5.10 Å². The molecule has 2 aromatic heterocycles. The van der Waals surface area contributed by atoms with Crippen molar-refractivity contribution in [1.82, 2.24) is 15.2 Å². The lowest BCUT2D eigenvalue weighted by atomic mass is 10.1. The second kappa shape index (κ2) is 3.55. The summed E-state index contributed by atoms with van der Waals surface area (Å²) >= 11 is 0. The van der Waals surface area contributed by atoms with Crippen LogP contribution in [0.15, 0.2) is 41.3 Å². The van der Waals surface area contributed by atoms with Crippen molar-refractivity contribution < 1.29 is 4.39 Å². The summed E-state index contributed by atoms with van der Waals surface area (Å²) in [6.45, 7) is 0. The lowest BCUT2D eigenvalue weighted by Gasteiger charge is -1.97. The van der Waals surface area contributed by atoms with Gasteiger partial charge in [-0.05, 0) is 12.1 Å². The maximum absolute atomic E-state index is 13.4. The van der Waals surface area contributed by atoms with E-state index >= 15 is 0 Å². The molecular weight excluding hydrogens is 221 g/mol. The molecule has 0 saturated carbocycles. The number of rotatable bonds is 1. The average molecular weight is 229 g/mol. The zero-order valence-electron chi connectivity index (χ0n) is 8.70. The van der Waals surface area contributed by atoms with E-state index in [-0.39, 0.29) is 16.9 Å². The van der Waals surface area contributed by atoms with E-state index in [9.17, 15) is 9.18 Å². The highest BCUT2D eigenvalue weighted by molar-refractivity contribution is 5.92. The second-order valence-corrected chi connectivity index (χ2v) is 3.68. The fourth-order valence-electron chi connectivity index (χ4n) is 1.82. The second-order valence-electron chi connectivity index (χ2n) is 3.68. The van der Waals surface area contributed by atoms with Crippen molar-refractivity contribution in [3.63, 3.8) is 0 Å². The molecule has 2 heterocycles. The average Bonchev–Trinajstić information content (AvgIpc) is 2.74. The molecule has 4 nitrogen and oxygen atoms in total. The van der Waals surface area contributed by atoms with Crippen LogP contribution in [-0.2, 0) is 0 Å². The van der Waals surface area contributed by atoms with E-state index in [1.165, 1.54) is 12.1 Å². The maximum Gasteiger partial charge on any atom is 0.248 e. The lowest BCUT2D eigenvalue weighted by molar-refractivity contribution is 0.636. The monoisotopic (exact) mass is 229 g/mol. The van der Waals surface area contributed by atoms with Gasteiger partial charge in [-0.15, -0.1) is 0 Å². The summed E-state index contributed by atoms with van der Waals surface area (Å²) in [6.07, 6.45) is 1.55. The number of para-hydroxylation sites is 1. The molecule has 0 aliphatic rings. The van der Waals surface area contributed by atoms with Gasteiger partial charge in [0.25, 0.3) is 0 Å². The van der Waals surface area contributed by atoms with Crippen LogP contribution in [0.25, 0.3) is 22.2 Å². The van der Waals surface area contributed by atoms with Crippen LogP contribution in [0.3, 0.4) is 0 Å². The van der Waals surface area contributed by atoms with Crippen LogP contribution in [0.1, 0.15) is 0 Å². The normalized spacial score (nSPS) is 10.9. The Kier molecular flexibility index (Phi) is 2.04. The molecule has 0 unspecified atom stereocenters. The zero-order chi connectivity index (χ0) is 11.8. The summed E-state index contributed by atoms with van der Waals surface area (Å²) in [5.74, 6) is -0.380. The summed E-state index contributed by atoms with van der Waals surface area (Å²) in [5, 5.41) is 7.33. The van der Waals surface area contributed by atoms with Gasteiger partial charge in [0.05, 0.1) is 5.69 Å². The van der Waals surface area contributed by atoms with E-state index in [2.05, 4.69) is 15.2 Å². The van der Waals surface area contributed by atoms with Gasteiger partial charge >= 0.3 is 0 Å². The van der Waals surface area contributed by atoms with Crippen LogP contribution >= 0.6 is 0 Å². The maximum atomic E-state index is 13.4. The molecule has 0 bridgehead atoms. The minimum Gasteiger partial charge on any atom is -0.329 e. The Morgan fingerprint density at radius 1 is 1.24 bits per heavy atom. The van der Waals surface area contributed by atoms with Gasteiger partial charge in [0.15, 0.2) is 5.82 Å². The highest BCUT2D eigenvalue weighted by Crippen LogP contribution is 2.26. The molecule has 0 radical (unpaired) electrons. The summed E-state index contributed by atoms with van der Waals surface area (Å²) in [5.41, 5.74) is 1.40. The number of hydrogen-bond donors (Lipinski definition) is 2. The van der Waals surface area contributed by atoms with Crippen LogP contribution in [-0.4, -0.2) is 15.2 Å². The molecule has 3 rings (SSSR count). The molecule has 5 heteroatoms. The van der Waals surface area contributed by atoms with E-state index < -0.39 is 0 Å². The van der Waals surface area contributed by atoms with Crippen LogP contribution in [0, 0.1) is 5.82 Å². The molecule has 2 N–H and O–H groups in total. The van der Waals surface area contributed by atoms with Crippen molar-refractivity contribution in [2.75, 3.05) is 0 Å². The molecule has 0 amide bonds. The van der Waals surface area contributed by atoms with Crippen LogP contribution in [0.5, 0.6) is 0 Å². The van der Waals surface area contributed by atoms with Crippen molar-refractivity contribution in [2.24, 2.45) is 0 Å². The van der Waals surface area contributed by atoms with Gasteiger partial charge in [-0.3, -0.25) is 9.89 Å². The molecule has 0 spiro atoms. The van der Waals surface area contributed by atoms with Gasteiger partial charge in [-0.25, -0.2) is 4.39 Å². The van der Waals surface area contributed by atoms with E-state index in [0.29, 0.717) is 16.6 Å². The Bertz CT molecular complexity index is 745. The SMILES string of the molecule is O=c1cc(-c2[nH]nc3c(F)cccc23)cc[nH]1. The van der Waals surface area contributed by atoms with Gasteiger partial charge in [0.1, 0.15) is 5.52 Å². The van der Waals surface area contributed by atoms with E-state index in [4.69, 9.17) is 0 Å². The number of fused-ring (bicyclic) bond motifs is 1. The third-order valence-corrected chi connectivity index (χ3v) is 2.60. The molecule has 84 valence electrons. The van der Waals surface area contributed by atoms with Crippen LogP contribution in [0.2, 0.25) is 0 Å². The molecule has 0 saturated heterocycles. The van der Waals surface area contributed by atoms with E-state index in [1.807, 2.05) is 0 Å². The summed E-state index contributed by atoms with van der Waals surface area (Å²) in [4.78, 5) is 13.8. The number of hydrogen-bond acceptors (Lipinski definition) is 2. The Morgan fingerprint density at radius 2 is 2.12 bits per heavy atom. The van der Waals surface area contributed by atoms with Crippen molar-refractivity contribution in [3.05, 3.63) is 52.7 Å².